The van der Waals surface area contributed by atoms with Gasteiger partial charge in [-0.1, -0.05) is 131 Å². The van der Waals surface area contributed by atoms with E-state index >= 15 is 0 Å². The van der Waals surface area contributed by atoms with Crippen molar-refractivity contribution in [3.8, 4) is 0 Å². The highest BCUT2D eigenvalue weighted by atomic mass is 32.2. The van der Waals surface area contributed by atoms with Gasteiger partial charge in [0.1, 0.15) is 29.8 Å². The number of hydrogen-bond acceptors (Lipinski definition) is 11. The molecule has 55 heavy (non-hydrogen) atoms. The predicted octanol–water partition coefficient (Wildman–Crippen LogP) is 7.92. The number of methoxy groups -OCH3 is 1. The van der Waals surface area contributed by atoms with Crippen LogP contribution in [0.15, 0.2) is 136 Å². The SMILES string of the molecule is COC(=O)[C@H]1O[C@H](Sc2ccccc2)[C@@H](N=[N+]=[N-])[C@@H](OCc2ccccc2)[C@@H]1O[C@H]1O[C@H](C)[C@H](N=[N+]=[N-])[C@H](OCc2ccccc2)[C@H]1OCc1ccccc1. The number of benzene rings is 4. The molecule has 0 aliphatic carbocycles. The molecule has 0 aromatic heterocycles. The quantitative estimate of drug-likeness (QED) is 0.0474. The number of ether oxygens (including phenoxy) is 7. The Bertz CT molecular complexity index is 1890. The molecule has 0 saturated carbocycles. The van der Waals surface area contributed by atoms with Crippen molar-refractivity contribution in [3.63, 3.8) is 0 Å². The van der Waals surface area contributed by atoms with Crippen molar-refractivity contribution >= 4 is 17.7 Å². The molecule has 4 aromatic carbocycles. The van der Waals surface area contributed by atoms with Gasteiger partial charge in [0.2, 0.25) is 0 Å². The van der Waals surface area contributed by atoms with Crippen LogP contribution in [0.1, 0.15) is 23.6 Å². The van der Waals surface area contributed by atoms with Crippen molar-refractivity contribution in [3.05, 3.63) is 159 Å². The van der Waals surface area contributed by atoms with Crippen LogP contribution in [-0.2, 0) is 57.8 Å². The Morgan fingerprint density at radius 2 is 1.11 bits per heavy atom. The van der Waals surface area contributed by atoms with Crippen molar-refractivity contribution in [1.29, 1.82) is 0 Å². The second-order valence-corrected chi connectivity index (χ2v) is 14.0. The fourth-order valence-corrected chi connectivity index (χ4v) is 7.63. The zero-order valence-corrected chi connectivity index (χ0v) is 31.1. The molecule has 0 N–H and O–H groups in total. The molecule has 2 aliphatic heterocycles. The monoisotopic (exact) mass is 766 g/mol. The molecule has 2 aliphatic rings. The summed E-state index contributed by atoms with van der Waals surface area (Å²) in [6, 6.07) is 36.1. The van der Waals surface area contributed by atoms with Crippen LogP contribution in [-0.4, -0.2) is 73.5 Å². The second kappa shape index (κ2) is 20.1. The Hall–Kier alpha value is -4.92. The molecule has 0 unspecified atom stereocenters. The van der Waals surface area contributed by atoms with Gasteiger partial charge in [-0.25, -0.2) is 4.79 Å². The van der Waals surface area contributed by atoms with Gasteiger partial charge in [0, 0.05) is 14.7 Å². The number of azide groups is 2. The standard InChI is InChI=1S/C40H42N6O8S/c1-26-31(43-45-41)33(49-23-27-15-7-3-8-16-27)37(51-25-29-19-11-5-12-20-29)39(52-26)53-35-34(50-24-28-17-9-4-10-18-28)32(44-46-42)40(54-36(35)38(47)48-2)55-30-21-13-6-14-22-30/h3-22,26,31-37,39-40H,23-25H2,1-2H3/t26-,31+,32+,33+,34-,35+,36+,37-,39-,40-/m1/s1. The van der Waals surface area contributed by atoms with E-state index in [4.69, 9.17) is 33.2 Å². The lowest BCUT2D eigenvalue weighted by Gasteiger charge is -2.48. The highest BCUT2D eigenvalue weighted by Crippen LogP contribution is 2.40. The third-order valence-corrected chi connectivity index (χ3v) is 10.4. The van der Waals surface area contributed by atoms with Gasteiger partial charge in [-0.15, -0.1) is 0 Å². The van der Waals surface area contributed by atoms with Crippen LogP contribution < -0.4 is 0 Å². The van der Waals surface area contributed by atoms with E-state index in [1.165, 1.54) is 18.9 Å². The molecule has 10 atom stereocenters. The number of esters is 1. The topological polar surface area (TPSA) is 179 Å². The van der Waals surface area contributed by atoms with E-state index < -0.39 is 66.4 Å². The first kappa shape index (κ1) is 39.8. The van der Waals surface area contributed by atoms with Gasteiger partial charge in [-0.3, -0.25) is 0 Å². The predicted molar refractivity (Wildman–Crippen MR) is 203 cm³/mol. The van der Waals surface area contributed by atoms with Crippen LogP contribution >= 0.6 is 11.8 Å². The molecule has 14 nitrogen and oxygen atoms in total. The van der Waals surface area contributed by atoms with Gasteiger partial charge in [0.05, 0.1) is 45.2 Å². The van der Waals surface area contributed by atoms with Gasteiger partial charge in [-0.05, 0) is 46.8 Å². The average Bonchev–Trinajstić information content (AvgIpc) is 3.22. The van der Waals surface area contributed by atoms with Gasteiger partial charge in [0.15, 0.2) is 12.4 Å². The average molecular weight is 767 g/mol. The largest absolute Gasteiger partial charge is 0.467 e. The first-order valence-electron chi connectivity index (χ1n) is 17.8. The highest BCUT2D eigenvalue weighted by molar-refractivity contribution is 7.99. The maximum absolute atomic E-state index is 13.7. The summed E-state index contributed by atoms with van der Waals surface area (Å²) in [7, 11) is 1.25. The summed E-state index contributed by atoms with van der Waals surface area (Å²) in [5.74, 6) is -0.731. The van der Waals surface area contributed by atoms with Crippen LogP contribution in [0, 0.1) is 0 Å². The van der Waals surface area contributed by atoms with E-state index in [0.717, 1.165) is 21.6 Å². The van der Waals surface area contributed by atoms with Crippen molar-refractivity contribution in [1.82, 2.24) is 0 Å². The summed E-state index contributed by atoms with van der Waals surface area (Å²) in [4.78, 5) is 20.8. The number of rotatable bonds is 16. The van der Waals surface area contributed by atoms with Crippen molar-refractivity contribution < 1.29 is 38.0 Å². The maximum Gasteiger partial charge on any atom is 0.337 e. The first-order valence-corrected chi connectivity index (χ1v) is 18.7. The summed E-state index contributed by atoms with van der Waals surface area (Å²) in [5.41, 5.74) is 21.2. The molecular formula is C40H42N6O8S. The molecule has 2 heterocycles. The van der Waals surface area contributed by atoms with E-state index in [1.807, 2.05) is 121 Å². The lowest BCUT2D eigenvalue weighted by molar-refractivity contribution is -0.325. The van der Waals surface area contributed by atoms with E-state index in [9.17, 15) is 15.9 Å². The van der Waals surface area contributed by atoms with Crippen molar-refractivity contribution in [2.45, 2.75) is 92.1 Å². The summed E-state index contributed by atoms with van der Waals surface area (Å²) < 4.78 is 44.7. The van der Waals surface area contributed by atoms with Crippen LogP contribution in [0.4, 0.5) is 0 Å². The normalized spacial score (nSPS) is 27.6. The first-order chi connectivity index (χ1) is 27.0. The van der Waals surface area contributed by atoms with Gasteiger partial charge < -0.3 is 33.2 Å². The smallest absolute Gasteiger partial charge is 0.337 e. The molecule has 0 spiro atoms. The third kappa shape index (κ3) is 10.4. The molecule has 2 fully saturated rings. The minimum atomic E-state index is -1.36. The van der Waals surface area contributed by atoms with E-state index in [1.54, 1.807) is 6.92 Å². The zero-order chi connectivity index (χ0) is 38.4. The molecular weight excluding hydrogens is 725 g/mol. The van der Waals surface area contributed by atoms with Crippen LogP contribution in [0.3, 0.4) is 0 Å². The number of carbonyl (C=O) groups excluding carboxylic acids is 1. The second-order valence-electron chi connectivity index (χ2n) is 12.9. The number of hydrogen-bond donors (Lipinski definition) is 0. The molecule has 0 bridgehead atoms. The minimum Gasteiger partial charge on any atom is -0.467 e. The third-order valence-electron chi connectivity index (χ3n) is 9.22. The fraction of sp³-hybridized carbons (Fsp3) is 0.375. The maximum atomic E-state index is 13.7. The molecule has 6 rings (SSSR count). The van der Waals surface area contributed by atoms with Crippen molar-refractivity contribution in [2.24, 2.45) is 10.2 Å². The lowest BCUT2D eigenvalue weighted by Crippen LogP contribution is -2.64. The fourth-order valence-electron chi connectivity index (χ4n) is 6.52. The number of thioether (sulfide) groups is 1. The van der Waals surface area contributed by atoms with Gasteiger partial charge in [0.25, 0.3) is 0 Å². The Morgan fingerprint density at radius 3 is 1.60 bits per heavy atom. The molecule has 4 aromatic rings. The molecule has 2 saturated heterocycles. The molecule has 286 valence electrons. The Morgan fingerprint density at radius 1 is 0.655 bits per heavy atom. The van der Waals surface area contributed by atoms with Crippen LogP contribution in [0.2, 0.25) is 0 Å². The summed E-state index contributed by atoms with van der Waals surface area (Å²) in [6.07, 6.45) is -7.47. The summed E-state index contributed by atoms with van der Waals surface area (Å²) >= 11 is 1.28. The minimum absolute atomic E-state index is 0.0943. The number of carbonyl (C=O) groups is 1. The molecule has 15 heteroatoms. The highest BCUT2D eigenvalue weighted by Gasteiger charge is 2.54. The lowest BCUT2D eigenvalue weighted by atomic mass is 9.95. The summed E-state index contributed by atoms with van der Waals surface area (Å²) in [6.45, 7) is 2.14. The van der Waals surface area contributed by atoms with Crippen LogP contribution in [0.5, 0.6) is 0 Å². The summed E-state index contributed by atoms with van der Waals surface area (Å²) in [5, 5.41) is 8.25. The molecule has 0 radical (unpaired) electrons. The van der Waals surface area contributed by atoms with E-state index in [0.29, 0.717) is 0 Å². The Kier molecular flexibility index (Phi) is 14.6. The van der Waals surface area contributed by atoms with Crippen molar-refractivity contribution in [2.75, 3.05) is 7.11 Å². The van der Waals surface area contributed by atoms with Gasteiger partial charge in [-0.2, -0.15) is 0 Å². The van der Waals surface area contributed by atoms with Crippen LogP contribution in [0.25, 0.3) is 20.9 Å². The zero-order valence-electron chi connectivity index (χ0n) is 30.3. The number of nitrogens with zero attached hydrogens (tertiary/aromatic N) is 6. The van der Waals surface area contributed by atoms with Gasteiger partial charge >= 0.3 is 5.97 Å². The van der Waals surface area contributed by atoms with E-state index in [-0.39, 0.29) is 19.8 Å². The van der Waals surface area contributed by atoms with E-state index in [2.05, 4.69) is 20.1 Å². The Labute approximate surface area is 323 Å². The Balaban J connectivity index is 1.39. The molecule has 0 amide bonds.